The van der Waals surface area contributed by atoms with Crippen LogP contribution in [-0.2, 0) is 16.1 Å². The van der Waals surface area contributed by atoms with Crippen LogP contribution in [0, 0.1) is 5.92 Å². The maximum atomic E-state index is 12.0. The third kappa shape index (κ3) is 5.71. The van der Waals surface area contributed by atoms with Crippen molar-refractivity contribution in [2.24, 2.45) is 5.92 Å². The average Bonchev–Trinajstić information content (AvgIpc) is 3.32. The molecule has 6 nitrogen and oxygen atoms in total. The largest absolute Gasteiger partial charge is 0.465 e. The molecule has 2 N–H and O–H groups in total. The normalized spacial score (nSPS) is 24.2. The first-order valence-corrected chi connectivity index (χ1v) is 11.3. The van der Waals surface area contributed by atoms with Gasteiger partial charge < -0.3 is 14.4 Å². The summed E-state index contributed by atoms with van der Waals surface area (Å²) in [6, 6.07) is 18.6. The first-order chi connectivity index (χ1) is 15.2. The molecular weight excluding hydrogens is 390 g/mol. The standard InChI is InChI=1S/C25H33N3O3/c1-30-25(29)21-10-5-9-20(15-21)23-16-26-27-24(23)22-11-6-12-28(17-22)13-14-31-18-19-7-3-2-4-8-19/h2-5,7-10,15,22-24,26-27H,6,11-14,16-18H2,1H3. The number of likely N-dealkylation sites (tertiary alicyclic amines) is 1. The van der Waals surface area contributed by atoms with Crippen molar-refractivity contribution in [2.45, 2.75) is 31.4 Å². The van der Waals surface area contributed by atoms with Crippen LogP contribution in [0.3, 0.4) is 0 Å². The Morgan fingerprint density at radius 2 is 2.03 bits per heavy atom. The number of benzene rings is 2. The van der Waals surface area contributed by atoms with Crippen molar-refractivity contribution >= 4 is 5.97 Å². The third-order valence-electron chi connectivity index (χ3n) is 6.47. The molecule has 6 heteroatoms. The molecule has 31 heavy (non-hydrogen) atoms. The quantitative estimate of drug-likeness (QED) is 0.503. The van der Waals surface area contributed by atoms with Crippen LogP contribution in [0.1, 0.15) is 40.2 Å². The molecule has 3 unspecified atom stereocenters. The van der Waals surface area contributed by atoms with E-state index < -0.39 is 0 Å². The molecule has 2 saturated heterocycles. The number of hydrogen-bond acceptors (Lipinski definition) is 6. The Hall–Kier alpha value is -2.25. The zero-order valence-electron chi connectivity index (χ0n) is 18.3. The van der Waals surface area contributed by atoms with Crippen LogP contribution in [-0.4, -0.2) is 56.8 Å². The van der Waals surface area contributed by atoms with Crippen LogP contribution in [0.25, 0.3) is 0 Å². The zero-order chi connectivity index (χ0) is 21.5. The molecule has 3 atom stereocenters. The molecule has 2 fully saturated rings. The van der Waals surface area contributed by atoms with E-state index in [-0.39, 0.29) is 5.97 Å². The van der Waals surface area contributed by atoms with E-state index in [1.54, 1.807) is 0 Å². The van der Waals surface area contributed by atoms with E-state index in [4.69, 9.17) is 9.47 Å². The number of hydrogen-bond donors (Lipinski definition) is 2. The van der Waals surface area contributed by atoms with Gasteiger partial charge >= 0.3 is 5.97 Å². The number of rotatable bonds is 8. The smallest absolute Gasteiger partial charge is 0.337 e. The van der Waals surface area contributed by atoms with E-state index in [1.807, 2.05) is 36.4 Å². The van der Waals surface area contributed by atoms with Gasteiger partial charge in [0.15, 0.2) is 0 Å². The SMILES string of the molecule is COC(=O)c1cccc(C2CNNC2C2CCCN(CCOCc3ccccc3)C2)c1. The number of methoxy groups -OCH3 is 1. The molecule has 0 bridgehead atoms. The maximum absolute atomic E-state index is 12.0. The summed E-state index contributed by atoms with van der Waals surface area (Å²) in [5, 5.41) is 0. The van der Waals surface area contributed by atoms with E-state index in [0.717, 1.165) is 32.8 Å². The number of esters is 1. The highest BCUT2D eigenvalue weighted by atomic mass is 16.5. The fourth-order valence-electron chi connectivity index (χ4n) is 4.85. The van der Waals surface area contributed by atoms with Gasteiger partial charge in [-0.3, -0.25) is 10.9 Å². The van der Waals surface area contributed by atoms with Gasteiger partial charge in [0.2, 0.25) is 0 Å². The summed E-state index contributed by atoms with van der Waals surface area (Å²) in [5.41, 5.74) is 9.91. The summed E-state index contributed by atoms with van der Waals surface area (Å²) >= 11 is 0. The summed E-state index contributed by atoms with van der Waals surface area (Å²) in [6.07, 6.45) is 2.42. The Bertz CT molecular complexity index is 845. The van der Waals surface area contributed by atoms with Gasteiger partial charge in [-0.2, -0.15) is 0 Å². The summed E-state index contributed by atoms with van der Waals surface area (Å²) in [4.78, 5) is 14.5. The van der Waals surface area contributed by atoms with Crippen LogP contribution in [0.4, 0.5) is 0 Å². The number of carbonyl (C=O) groups excluding carboxylic acids is 1. The summed E-state index contributed by atoms with van der Waals surface area (Å²) < 4.78 is 10.8. The Morgan fingerprint density at radius 3 is 2.87 bits per heavy atom. The monoisotopic (exact) mass is 423 g/mol. The molecule has 0 aliphatic carbocycles. The van der Waals surface area contributed by atoms with Crippen LogP contribution in [0.15, 0.2) is 54.6 Å². The lowest BCUT2D eigenvalue weighted by Gasteiger charge is -2.37. The summed E-state index contributed by atoms with van der Waals surface area (Å²) in [5.74, 6) is 0.616. The minimum absolute atomic E-state index is 0.281. The van der Waals surface area contributed by atoms with Gasteiger partial charge in [0.25, 0.3) is 0 Å². The van der Waals surface area contributed by atoms with Gasteiger partial charge in [-0.1, -0.05) is 42.5 Å². The van der Waals surface area contributed by atoms with E-state index in [9.17, 15) is 4.79 Å². The Labute approximate surface area is 184 Å². The highest BCUT2D eigenvalue weighted by Gasteiger charge is 2.36. The van der Waals surface area contributed by atoms with Crippen LogP contribution < -0.4 is 10.9 Å². The molecule has 2 aromatic rings. The number of nitrogens with one attached hydrogen (secondary N) is 2. The topological polar surface area (TPSA) is 62.8 Å². The first-order valence-electron chi connectivity index (χ1n) is 11.3. The lowest BCUT2D eigenvalue weighted by molar-refractivity contribution is 0.0600. The van der Waals surface area contributed by atoms with E-state index in [2.05, 4.69) is 34.0 Å². The molecule has 2 heterocycles. The van der Waals surface area contributed by atoms with Gasteiger partial charge in [0.1, 0.15) is 0 Å². The fourth-order valence-corrected chi connectivity index (χ4v) is 4.85. The second-order valence-corrected chi connectivity index (χ2v) is 8.52. The minimum atomic E-state index is -0.281. The first kappa shape index (κ1) is 22.0. The Kier molecular flexibility index (Phi) is 7.70. The third-order valence-corrected chi connectivity index (χ3v) is 6.47. The summed E-state index contributed by atoms with van der Waals surface area (Å²) in [6.45, 7) is 5.46. The van der Waals surface area contributed by atoms with Crippen molar-refractivity contribution < 1.29 is 14.3 Å². The number of hydrazine groups is 1. The predicted molar refractivity (Wildman–Crippen MR) is 121 cm³/mol. The van der Waals surface area contributed by atoms with Gasteiger partial charge in [-0.05, 0) is 48.6 Å². The molecule has 2 aliphatic heterocycles. The molecule has 166 valence electrons. The molecule has 2 aliphatic rings. The van der Waals surface area contributed by atoms with Crippen molar-refractivity contribution in [2.75, 3.05) is 39.9 Å². The van der Waals surface area contributed by atoms with Gasteiger partial charge in [0.05, 0.1) is 25.9 Å². The van der Waals surface area contributed by atoms with Crippen molar-refractivity contribution in [1.29, 1.82) is 0 Å². The van der Waals surface area contributed by atoms with Crippen molar-refractivity contribution in [3.63, 3.8) is 0 Å². The van der Waals surface area contributed by atoms with Crippen molar-refractivity contribution in [3.05, 3.63) is 71.3 Å². The number of carbonyl (C=O) groups is 1. The molecule has 0 aromatic heterocycles. The second kappa shape index (κ2) is 10.9. The molecular formula is C25H33N3O3. The van der Waals surface area contributed by atoms with Gasteiger partial charge in [-0.15, -0.1) is 0 Å². The number of ether oxygens (including phenoxy) is 2. The van der Waals surface area contributed by atoms with Crippen molar-refractivity contribution in [1.82, 2.24) is 15.8 Å². The minimum Gasteiger partial charge on any atom is -0.465 e. The predicted octanol–water partition coefficient (Wildman–Crippen LogP) is 2.96. The molecule has 2 aromatic carbocycles. The molecule has 0 amide bonds. The van der Waals surface area contributed by atoms with E-state index in [1.165, 1.54) is 31.1 Å². The fraction of sp³-hybridized carbons (Fsp3) is 0.480. The molecule has 4 rings (SSSR count). The Balaban J connectivity index is 1.31. The van der Waals surface area contributed by atoms with E-state index >= 15 is 0 Å². The Morgan fingerprint density at radius 1 is 1.16 bits per heavy atom. The van der Waals surface area contributed by atoms with Crippen LogP contribution in [0.2, 0.25) is 0 Å². The maximum Gasteiger partial charge on any atom is 0.337 e. The van der Waals surface area contributed by atoms with Crippen LogP contribution in [0.5, 0.6) is 0 Å². The van der Waals surface area contributed by atoms with Gasteiger partial charge in [0, 0.05) is 31.6 Å². The lowest BCUT2D eigenvalue weighted by atomic mass is 9.81. The van der Waals surface area contributed by atoms with Gasteiger partial charge in [-0.25, -0.2) is 4.79 Å². The molecule has 0 radical (unpaired) electrons. The second-order valence-electron chi connectivity index (χ2n) is 8.52. The highest BCUT2D eigenvalue weighted by Crippen LogP contribution is 2.32. The molecule has 0 saturated carbocycles. The number of nitrogens with zero attached hydrogens (tertiary/aromatic N) is 1. The van der Waals surface area contributed by atoms with Crippen LogP contribution >= 0.6 is 0 Å². The number of piperidine rings is 1. The highest BCUT2D eigenvalue weighted by molar-refractivity contribution is 5.89. The van der Waals surface area contributed by atoms with E-state index in [0.29, 0.717) is 30.0 Å². The lowest BCUT2D eigenvalue weighted by Crippen LogP contribution is -2.47. The average molecular weight is 424 g/mol. The molecule has 0 spiro atoms. The zero-order valence-corrected chi connectivity index (χ0v) is 18.3. The summed E-state index contributed by atoms with van der Waals surface area (Å²) in [7, 11) is 1.43. The van der Waals surface area contributed by atoms with Crippen molar-refractivity contribution in [3.8, 4) is 0 Å².